The van der Waals surface area contributed by atoms with Crippen molar-refractivity contribution in [1.29, 1.82) is 0 Å². The van der Waals surface area contributed by atoms with E-state index in [-0.39, 0.29) is 11.9 Å². The minimum atomic E-state index is -0.195. The first-order valence-electron chi connectivity index (χ1n) is 11.1. The lowest BCUT2D eigenvalue weighted by atomic mass is 9.90. The van der Waals surface area contributed by atoms with Gasteiger partial charge in [-0.3, -0.25) is 0 Å². The van der Waals surface area contributed by atoms with Gasteiger partial charge in [0.05, 0.1) is 0 Å². The number of halogens is 1. The van der Waals surface area contributed by atoms with Crippen LogP contribution in [-0.4, -0.2) is 48.6 Å². The van der Waals surface area contributed by atoms with E-state index >= 15 is 0 Å². The fraction of sp³-hybridized carbons (Fsp3) is 0.480. The average molecular weight is 411 g/mol. The number of nitrogens with zero attached hydrogens (tertiary/aromatic N) is 2. The summed E-state index contributed by atoms with van der Waals surface area (Å²) < 4.78 is 18.5. The van der Waals surface area contributed by atoms with Gasteiger partial charge >= 0.3 is 6.09 Å². The largest absolute Gasteiger partial charge is 0.445 e. The van der Waals surface area contributed by atoms with Gasteiger partial charge in [0.15, 0.2) is 0 Å². The van der Waals surface area contributed by atoms with Crippen LogP contribution < -0.4 is 0 Å². The van der Waals surface area contributed by atoms with E-state index in [9.17, 15) is 9.18 Å². The first-order valence-corrected chi connectivity index (χ1v) is 11.1. The standard InChI is InChI=1S/C25H31FN2O2/c26-24-8-6-20(7-9-24)16-21-10-13-27(14-11-21)17-23-12-15-28(18-23)25(29)30-19-22-4-2-1-3-5-22/h1-9,21,23H,10-19H2. The zero-order chi connectivity index (χ0) is 20.8. The second-order valence-electron chi connectivity index (χ2n) is 8.72. The van der Waals surface area contributed by atoms with Gasteiger partial charge in [0, 0.05) is 19.6 Å². The van der Waals surface area contributed by atoms with Crippen LogP contribution in [0.25, 0.3) is 0 Å². The third-order valence-corrected chi connectivity index (χ3v) is 6.41. The van der Waals surface area contributed by atoms with Crippen LogP contribution in [0.1, 0.15) is 30.4 Å². The van der Waals surface area contributed by atoms with Gasteiger partial charge in [-0.1, -0.05) is 42.5 Å². The monoisotopic (exact) mass is 410 g/mol. The van der Waals surface area contributed by atoms with E-state index in [4.69, 9.17) is 4.74 Å². The molecule has 2 aliphatic rings. The summed E-state index contributed by atoms with van der Waals surface area (Å²) in [5.41, 5.74) is 2.25. The Labute approximate surface area is 178 Å². The van der Waals surface area contributed by atoms with Gasteiger partial charge in [0.25, 0.3) is 0 Å². The molecular formula is C25H31FN2O2. The van der Waals surface area contributed by atoms with Crippen molar-refractivity contribution in [3.05, 3.63) is 71.5 Å². The van der Waals surface area contributed by atoms with Gasteiger partial charge in [-0.15, -0.1) is 0 Å². The summed E-state index contributed by atoms with van der Waals surface area (Å²) in [4.78, 5) is 16.8. The number of ether oxygens (including phenoxy) is 1. The van der Waals surface area contributed by atoms with Crippen LogP contribution in [0.4, 0.5) is 9.18 Å². The van der Waals surface area contributed by atoms with E-state index in [0.717, 1.165) is 51.1 Å². The van der Waals surface area contributed by atoms with E-state index < -0.39 is 0 Å². The van der Waals surface area contributed by atoms with Crippen molar-refractivity contribution in [2.75, 3.05) is 32.7 Å². The summed E-state index contributed by atoms with van der Waals surface area (Å²) in [6, 6.07) is 16.7. The third-order valence-electron chi connectivity index (χ3n) is 6.41. The van der Waals surface area contributed by atoms with Crippen LogP contribution in [0, 0.1) is 17.7 Å². The van der Waals surface area contributed by atoms with Crippen LogP contribution in [0.2, 0.25) is 0 Å². The molecule has 4 nitrogen and oxygen atoms in total. The zero-order valence-corrected chi connectivity index (χ0v) is 17.5. The second-order valence-corrected chi connectivity index (χ2v) is 8.72. The highest BCUT2D eigenvalue weighted by atomic mass is 19.1. The molecule has 30 heavy (non-hydrogen) atoms. The van der Waals surface area contributed by atoms with Crippen molar-refractivity contribution < 1.29 is 13.9 Å². The molecule has 160 valence electrons. The van der Waals surface area contributed by atoms with Crippen molar-refractivity contribution in [1.82, 2.24) is 9.80 Å². The number of carbonyl (C=O) groups is 1. The molecule has 2 aliphatic heterocycles. The molecule has 5 heteroatoms. The van der Waals surface area contributed by atoms with Crippen molar-refractivity contribution in [2.45, 2.75) is 32.3 Å². The van der Waals surface area contributed by atoms with E-state index in [1.165, 1.54) is 18.4 Å². The van der Waals surface area contributed by atoms with Gasteiger partial charge in [-0.25, -0.2) is 9.18 Å². The summed E-state index contributed by atoms with van der Waals surface area (Å²) in [5, 5.41) is 0. The summed E-state index contributed by atoms with van der Waals surface area (Å²) >= 11 is 0. The molecule has 2 aromatic carbocycles. The van der Waals surface area contributed by atoms with Gasteiger partial charge < -0.3 is 14.5 Å². The predicted octanol–water partition coefficient (Wildman–Crippen LogP) is 4.74. The van der Waals surface area contributed by atoms with Gasteiger partial charge in [0.2, 0.25) is 0 Å². The topological polar surface area (TPSA) is 32.8 Å². The Morgan fingerprint density at radius 2 is 1.60 bits per heavy atom. The first-order chi connectivity index (χ1) is 14.7. The zero-order valence-electron chi connectivity index (χ0n) is 17.5. The lowest BCUT2D eigenvalue weighted by molar-refractivity contribution is 0.101. The van der Waals surface area contributed by atoms with E-state index in [1.807, 2.05) is 47.4 Å². The molecule has 0 aromatic heterocycles. The Balaban J connectivity index is 1.15. The number of carbonyl (C=O) groups excluding carboxylic acids is 1. The molecule has 1 unspecified atom stereocenters. The number of rotatable bonds is 6. The van der Waals surface area contributed by atoms with Crippen LogP contribution >= 0.6 is 0 Å². The molecule has 1 amide bonds. The number of amides is 1. The molecule has 1 atom stereocenters. The Bertz CT molecular complexity index is 804. The lowest BCUT2D eigenvalue weighted by Crippen LogP contribution is -2.38. The van der Waals surface area contributed by atoms with E-state index in [1.54, 1.807) is 12.1 Å². The summed E-state index contributed by atoms with van der Waals surface area (Å²) in [5.74, 6) is 1.05. The molecule has 2 saturated heterocycles. The highest BCUT2D eigenvalue weighted by Crippen LogP contribution is 2.25. The summed E-state index contributed by atoms with van der Waals surface area (Å²) in [6.07, 6.45) is 4.27. The van der Waals surface area contributed by atoms with Crippen molar-refractivity contribution >= 4 is 6.09 Å². The molecule has 2 aromatic rings. The minimum Gasteiger partial charge on any atom is -0.445 e. The number of piperidine rings is 1. The maximum atomic E-state index is 13.1. The first kappa shape index (κ1) is 20.9. The molecule has 0 aliphatic carbocycles. The lowest BCUT2D eigenvalue weighted by Gasteiger charge is -2.33. The van der Waals surface area contributed by atoms with Crippen LogP contribution in [-0.2, 0) is 17.8 Å². The number of likely N-dealkylation sites (tertiary alicyclic amines) is 2. The molecule has 4 rings (SSSR count). The maximum Gasteiger partial charge on any atom is 0.410 e. The van der Waals surface area contributed by atoms with E-state index in [0.29, 0.717) is 18.4 Å². The number of hydrogen-bond donors (Lipinski definition) is 0. The molecule has 0 bridgehead atoms. The molecule has 0 radical (unpaired) electrons. The number of hydrogen-bond acceptors (Lipinski definition) is 3. The molecule has 0 saturated carbocycles. The fourth-order valence-corrected chi connectivity index (χ4v) is 4.65. The Kier molecular flexibility index (Phi) is 7.00. The Morgan fingerprint density at radius 3 is 2.33 bits per heavy atom. The minimum absolute atomic E-state index is 0.164. The SMILES string of the molecule is O=C(OCc1ccccc1)N1CCC(CN2CCC(Cc3ccc(F)cc3)CC2)C1. The maximum absolute atomic E-state index is 13.1. The van der Waals surface area contributed by atoms with Gasteiger partial charge in [-0.05, 0) is 73.9 Å². The second kappa shape index (κ2) is 10.1. The molecule has 0 spiro atoms. The molecule has 0 N–H and O–H groups in total. The van der Waals surface area contributed by atoms with Gasteiger partial charge in [-0.2, -0.15) is 0 Å². The number of benzene rings is 2. The molecule has 2 heterocycles. The highest BCUT2D eigenvalue weighted by Gasteiger charge is 2.30. The normalized spacial score (nSPS) is 20.4. The van der Waals surface area contributed by atoms with Crippen LogP contribution in [0.15, 0.2) is 54.6 Å². The van der Waals surface area contributed by atoms with Crippen LogP contribution in [0.5, 0.6) is 0 Å². The Hall–Kier alpha value is -2.40. The molecule has 2 fully saturated rings. The predicted molar refractivity (Wildman–Crippen MR) is 116 cm³/mol. The highest BCUT2D eigenvalue weighted by molar-refractivity contribution is 5.68. The van der Waals surface area contributed by atoms with E-state index in [2.05, 4.69) is 4.90 Å². The smallest absolute Gasteiger partial charge is 0.410 e. The Morgan fingerprint density at radius 1 is 0.900 bits per heavy atom. The summed E-state index contributed by atoms with van der Waals surface area (Å²) in [7, 11) is 0. The van der Waals surface area contributed by atoms with Crippen molar-refractivity contribution in [3.8, 4) is 0 Å². The molecular weight excluding hydrogens is 379 g/mol. The van der Waals surface area contributed by atoms with Gasteiger partial charge in [0.1, 0.15) is 12.4 Å². The third kappa shape index (κ3) is 5.82. The van der Waals surface area contributed by atoms with Crippen molar-refractivity contribution in [3.63, 3.8) is 0 Å². The quantitative estimate of drug-likeness (QED) is 0.690. The average Bonchev–Trinajstić information content (AvgIpc) is 3.24. The van der Waals surface area contributed by atoms with Crippen molar-refractivity contribution in [2.24, 2.45) is 11.8 Å². The van der Waals surface area contributed by atoms with Crippen LogP contribution in [0.3, 0.4) is 0 Å². The fourth-order valence-electron chi connectivity index (χ4n) is 4.65. The summed E-state index contributed by atoms with van der Waals surface area (Å²) in [6.45, 7) is 5.21.